The molecule has 2 aliphatic heterocycles. The quantitative estimate of drug-likeness (QED) is 0.915. The van der Waals surface area contributed by atoms with E-state index in [0.29, 0.717) is 25.0 Å². The minimum Gasteiger partial charge on any atom is -0.378 e. The highest BCUT2D eigenvalue weighted by atomic mass is 35.5. The van der Waals surface area contributed by atoms with Gasteiger partial charge in [-0.15, -0.1) is 12.4 Å². The van der Waals surface area contributed by atoms with E-state index in [4.69, 9.17) is 4.74 Å². The van der Waals surface area contributed by atoms with Gasteiger partial charge in [0, 0.05) is 31.6 Å². The average Bonchev–Trinajstić information content (AvgIpc) is 2.90. The first kappa shape index (κ1) is 18.2. The molecule has 3 unspecified atom stereocenters. The van der Waals surface area contributed by atoms with Gasteiger partial charge in [-0.05, 0) is 31.2 Å². The highest BCUT2D eigenvalue weighted by Crippen LogP contribution is 2.28. The molecule has 3 atom stereocenters. The number of hydrogen-bond acceptors (Lipinski definition) is 3. The van der Waals surface area contributed by atoms with Crippen LogP contribution >= 0.6 is 12.4 Å². The summed E-state index contributed by atoms with van der Waals surface area (Å²) in [5.41, 5.74) is 1.37. The molecule has 4 nitrogen and oxygen atoms in total. The summed E-state index contributed by atoms with van der Waals surface area (Å²) >= 11 is 0. The van der Waals surface area contributed by atoms with Crippen molar-refractivity contribution in [2.75, 3.05) is 26.3 Å². The molecule has 2 fully saturated rings. The van der Waals surface area contributed by atoms with Gasteiger partial charge in [0.2, 0.25) is 5.91 Å². The molecule has 0 saturated carbocycles. The predicted molar refractivity (Wildman–Crippen MR) is 93.9 cm³/mol. The number of ether oxygens (including phenoxy) is 1. The van der Waals surface area contributed by atoms with Crippen molar-refractivity contribution >= 4 is 18.3 Å². The molecule has 128 valence electrons. The summed E-state index contributed by atoms with van der Waals surface area (Å²) in [6.07, 6.45) is 2.73. The Morgan fingerprint density at radius 2 is 2.13 bits per heavy atom. The van der Waals surface area contributed by atoms with Crippen LogP contribution in [0.25, 0.3) is 0 Å². The molecule has 2 heterocycles. The lowest BCUT2D eigenvalue weighted by molar-refractivity contribution is -0.133. The van der Waals surface area contributed by atoms with Gasteiger partial charge in [-0.1, -0.05) is 30.3 Å². The minimum atomic E-state index is 0. The van der Waals surface area contributed by atoms with E-state index >= 15 is 0 Å². The van der Waals surface area contributed by atoms with Crippen LogP contribution in [-0.4, -0.2) is 49.2 Å². The molecule has 3 rings (SSSR count). The number of likely N-dealkylation sites (tertiary alicyclic amines) is 1. The van der Waals surface area contributed by atoms with Gasteiger partial charge in [-0.25, -0.2) is 0 Å². The summed E-state index contributed by atoms with van der Waals surface area (Å²) in [7, 11) is 0. The van der Waals surface area contributed by atoms with E-state index in [9.17, 15) is 4.79 Å². The molecule has 0 radical (unpaired) electrons. The zero-order valence-corrected chi connectivity index (χ0v) is 14.6. The third-order valence-electron chi connectivity index (χ3n) is 5.00. The molecule has 1 aromatic carbocycles. The first-order valence-electron chi connectivity index (χ1n) is 8.38. The van der Waals surface area contributed by atoms with Crippen LogP contribution < -0.4 is 5.32 Å². The number of amides is 1. The maximum absolute atomic E-state index is 12.6. The summed E-state index contributed by atoms with van der Waals surface area (Å²) in [4.78, 5) is 14.6. The maximum atomic E-state index is 12.6. The van der Waals surface area contributed by atoms with E-state index in [-0.39, 0.29) is 24.4 Å². The Hall–Kier alpha value is -1.10. The summed E-state index contributed by atoms with van der Waals surface area (Å²) in [6, 6.07) is 11.1. The van der Waals surface area contributed by atoms with Crippen LogP contribution in [0.5, 0.6) is 0 Å². The smallest absolute Gasteiger partial charge is 0.224 e. The predicted octanol–water partition coefficient (Wildman–Crippen LogP) is 2.27. The number of nitrogens with one attached hydrogen (secondary N) is 1. The topological polar surface area (TPSA) is 41.6 Å². The number of halogens is 1. The minimum absolute atomic E-state index is 0. The molecule has 2 aliphatic rings. The highest BCUT2D eigenvalue weighted by molar-refractivity contribution is 5.85. The number of carbonyl (C=O) groups is 1. The lowest BCUT2D eigenvalue weighted by Gasteiger charge is -2.29. The molecule has 2 saturated heterocycles. The van der Waals surface area contributed by atoms with Crippen LogP contribution in [0.15, 0.2) is 30.3 Å². The Morgan fingerprint density at radius 3 is 2.83 bits per heavy atom. The average molecular weight is 339 g/mol. The number of benzene rings is 1. The van der Waals surface area contributed by atoms with Crippen molar-refractivity contribution < 1.29 is 9.53 Å². The molecule has 23 heavy (non-hydrogen) atoms. The Morgan fingerprint density at radius 1 is 1.35 bits per heavy atom. The van der Waals surface area contributed by atoms with E-state index in [1.807, 2.05) is 0 Å². The molecule has 0 spiro atoms. The van der Waals surface area contributed by atoms with E-state index < -0.39 is 0 Å². The van der Waals surface area contributed by atoms with Crippen LogP contribution in [0.3, 0.4) is 0 Å². The highest BCUT2D eigenvalue weighted by Gasteiger charge is 2.34. The Kier molecular flexibility index (Phi) is 6.88. The van der Waals surface area contributed by atoms with Gasteiger partial charge in [-0.2, -0.15) is 0 Å². The van der Waals surface area contributed by atoms with E-state index in [1.54, 1.807) is 0 Å². The number of nitrogens with zero attached hydrogens (tertiary/aromatic N) is 1. The molecule has 1 amide bonds. The Bertz CT molecular complexity index is 491. The lowest BCUT2D eigenvalue weighted by atomic mass is 9.93. The summed E-state index contributed by atoms with van der Waals surface area (Å²) < 4.78 is 5.44. The van der Waals surface area contributed by atoms with Crippen molar-refractivity contribution in [2.24, 2.45) is 5.92 Å². The van der Waals surface area contributed by atoms with Gasteiger partial charge in [0.1, 0.15) is 0 Å². The molecular weight excluding hydrogens is 312 g/mol. The standard InChI is InChI=1S/C18H26N2O2.ClH/c1-14-16(11-15-5-3-2-4-6-15)7-9-20(14)18(21)12-17-13-22-10-8-19-17;/h2-6,14,16-17,19H,7-13H2,1H3;1H. The monoisotopic (exact) mass is 338 g/mol. The zero-order chi connectivity index (χ0) is 15.4. The van der Waals surface area contributed by atoms with Crippen LogP contribution in [0.1, 0.15) is 25.3 Å². The zero-order valence-electron chi connectivity index (χ0n) is 13.7. The van der Waals surface area contributed by atoms with Crippen LogP contribution in [0.4, 0.5) is 0 Å². The molecule has 0 aromatic heterocycles. The normalized spacial score (nSPS) is 27.5. The van der Waals surface area contributed by atoms with Crippen molar-refractivity contribution in [1.29, 1.82) is 0 Å². The molecular formula is C18H27ClN2O2. The van der Waals surface area contributed by atoms with Crippen molar-refractivity contribution in [3.63, 3.8) is 0 Å². The fourth-order valence-corrected chi connectivity index (χ4v) is 3.62. The van der Waals surface area contributed by atoms with Crippen molar-refractivity contribution in [2.45, 2.75) is 38.3 Å². The van der Waals surface area contributed by atoms with Crippen LogP contribution in [0.2, 0.25) is 0 Å². The molecule has 5 heteroatoms. The van der Waals surface area contributed by atoms with Crippen molar-refractivity contribution in [1.82, 2.24) is 10.2 Å². The molecule has 0 bridgehead atoms. The summed E-state index contributed by atoms with van der Waals surface area (Å²) in [5, 5.41) is 3.37. The largest absolute Gasteiger partial charge is 0.378 e. The van der Waals surface area contributed by atoms with E-state index in [2.05, 4.69) is 47.5 Å². The van der Waals surface area contributed by atoms with Gasteiger partial charge >= 0.3 is 0 Å². The lowest BCUT2D eigenvalue weighted by Crippen LogP contribution is -2.46. The van der Waals surface area contributed by atoms with Gasteiger partial charge in [0.05, 0.1) is 13.2 Å². The maximum Gasteiger partial charge on any atom is 0.224 e. The second kappa shape index (κ2) is 8.67. The number of morpholine rings is 1. The first-order chi connectivity index (χ1) is 10.7. The van der Waals surface area contributed by atoms with Crippen LogP contribution in [-0.2, 0) is 16.0 Å². The van der Waals surface area contributed by atoms with Crippen molar-refractivity contribution in [3.05, 3.63) is 35.9 Å². The first-order valence-corrected chi connectivity index (χ1v) is 8.38. The number of hydrogen-bond donors (Lipinski definition) is 1. The Balaban J connectivity index is 0.00000192. The fourth-order valence-electron chi connectivity index (χ4n) is 3.62. The third-order valence-corrected chi connectivity index (χ3v) is 5.00. The summed E-state index contributed by atoms with van der Waals surface area (Å²) in [5.74, 6) is 0.841. The third kappa shape index (κ3) is 4.69. The SMILES string of the molecule is CC1C(Cc2ccccc2)CCN1C(=O)CC1COCCN1.Cl. The summed E-state index contributed by atoms with van der Waals surface area (Å²) in [6.45, 7) is 5.35. The fraction of sp³-hybridized carbons (Fsp3) is 0.611. The van der Waals surface area contributed by atoms with Gasteiger partial charge in [0.15, 0.2) is 0 Å². The number of rotatable bonds is 4. The van der Waals surface area contributed by atoms with Gasteiger partial charge < -0.3 is 15.0 Å². The second-order valence-corrected chi connectivity index (χ2v) is 6.50. The second-order valence-electron chi connectivity index (χ2n) is 6.50. The van der Waals surface area contributed by atoms with Crippen molar-refractivity contribution in [3.8, 4) is 0 Å². The molecule has 0 aliphatic carbocycles. The molecule has 1 N–H and O–H groups in total. The van der Waals surface area contributed by atoms with E-state index in [0.717, 1.165) is 32.5 Å². The van der Waals surface area contributed by atoms with Gasteiger partial charge in [-0.3, -0.25) is 4.79 Å². The molecule has 1 aromatic rings. The van der Waals surface area contributed by atoms with Crippen LogP contribution in [0, 0.1) is 5.92 Å². The Labute approximate surface area is 145 Å². The number of carbonyl (C=O) groups excluding carboxylic acids is 1. The van der Waals surface area contributed by atoms with E-state index in [1.165, 1.54) is 5.56 Å². The van der Waals surface area contributed by atoms with Gasteiger partial charge in [0.25, 0.3) is 0 Å².